The molecule has 0 aliphatic heterocycles. The third-order valence-electron chi connectivity index (χ3n) is 4.14. The summed E-state index contributed by atoms with van der Waals surface area (Å²) < 4.78 is 5.18. The molecule has 106 valence electrons. The van der Waals surface area contributed by atoms with Crippen molar-refractivity contribution >= 4 is 0 Å². The maximum absolute atomic E-state index is 10.4. The lowest BCUT2D eigenvalue weighted by atomic mass is 9.99. The minimum absolute atomic E-state index is 0.301. The van der Waals surface area contributed by atoms with Gasteiger partial charge in [-0.2, -0.15) is 0 Å². The molecule has 0 saturated heterocycles. The van der Waals surface area contributed by atoms with Crippen LogP contribution in [0.5, 0.6) is 5.75 Å². The number of aliphatic hydroxyl groups is 1. The molecule has 2 rings (SSSR count). The first-order valence-electron chi connectivity index (χ1n) is 7.26. The summed E-state index contributed by atoms with van der Waals surface area (Å²) >= 11 is 0. The van der Waals surface area contributed by atoms with Crippen LogP contribution in [0.25, 0.3) is 0 Å². The van der Waals surface area contributed by atoms with Crippen LogP contribution < -0.4 is 10.1 Å². The minimum Gasteiger partial charge on any atom is -0.497 e. The van der Waals surface area contributed by atoms with E-state index in [0.717, 1.165) is 37.9 Å². The van der Waals surface area contributed by atoms with Gasteiger partial charge < -0.3 is 15.2 Å². The summed E-state index contributed by atoms with van der Waals surface area (Å²) in [5.41, 5.74) is 0.768. The lowest BCUT2D eigenvalue weighted by molar-refractivity contribution is 0.0446. The summed E-state index contributed by atoms with van der Waals surface area (Å²) in [7, 11) is 1.68. The average molecular weight is 263 g/mol. The van der Waals surface area contributed by atoms with Gasteiger partial charge in [0.05, 0.1) is 12.7 Å². The van der Waals surface area contributed by atoms with E-state index >= 15 is 0 Å². The molecule has 1 saturated carbocycles. The van der Waals surface area contributed by atoms with Crippen LogP contribution in [0.3, 0.4) is 0 Å². The molecule has 0 heterocycles. The predicted octanol–water partition coefficient (Wildman–Crippen LogP) is 3.04. The van der Waals surface area contributed by atoms with Crippen molar-refractivity contribution in [2.75, 3.05) is 13.7 Å². The smallest absolute Gasteiger partial charge is 0.118 e. The Hall–Kier alpha value is -1.06. The molecule has 1 aliphatic carbocycles. The van der Waals surface area contributed by atoms with Crippen molar-refractivity contribution in [3.63, 3.8) is 0 Å². The largest absolute Gasteiger partial charge is 0.497 e. The standard InChI is InChI=1S/C16H25NO2/c1-3-15(13-6-8-14(19-2)9-7-13)17-12-16(18)10-4-5-11-16/h6-9,15,17-18H,3-5,10-12H2,1-2H3. The third kappa shape index (κ3) is 3.71. The first-order chi connectivity index (χ1) is 9.17. The Labute approximate surface area is 116 Å². The molecule has 1 aliphatic rings. The first-order valence-corrected chi connectivity index (χ1v) is 7.26. The Bertz CT molecular complexity index is 382. The van der Waals surface area contributed by atoms with E-state index in [1.54, 1.807) is 7.11 Å². The Morgan fingerprint density at radius 3 is 2.42 bits per heavy atom. The molecule has 1 aromatic rings. The quantitative estimate of drug-likeness (QED) is 0.829. The van der Waals surface area contributed by atoms with Crippen molar-refractivity contribution < 1.29 is 9.84 Å². The molecule has 3 nitrogen and oxygen atoms in total. The van der Waals surface area contributed by atoms with Crippen LogP contribution in [0.1, 0.15) is 50.6 Å². The van der Waals surface area contributed by atoms with Crippen LogP contribution in [-0.4, -0.2) is 24.4 Å². The lowest BCUT2D eigenvalue weighted by Gasteiger charge is -2.26. The van der Waals surface area contributed by atoms with Gasteiger partial charge in [0, 0.05) is 12.6 Å². The summed E-state index contributed by atoms with van der Waals surface area (Å²) in [6.07, 6.45) is 5.18. The predicted molar refractivity (Wildman–Crippen MR) is 77.4 cm³/mol. The molecule has 1 aromatic carbocycles. The Kier molecular flexibility index (Phi) is 4.83. The monoisotopic (exact) mass is 263 g/mol. The van der Waals surface area contributed by atoms with Gasteiger partial charge in [-0.3, -0.25) is 0 Å². The number of benzene rings is 1. The van der Waals surface area contributed by atoms with E-state index in [9.17, 15) is 5.11 Å². The van der Waals surface area contributed by atoms with Gasteiger partial charge in [0.15, 0.2) is 0 Å². The van der Waals surface area contributed by atoms with Gasteiger partial charge in [-0.05, 0) is 37.0 Å². The maximum atomic E-state index is 10.4. The van der Waals surface area contributed by atoms with Gasteiger partial charge in [-0.15, -0.1) is 0 Å². The molecule has 1 unspecified atom stereocenters. The summed E-state index contributed by atoms with van der Waals surface area (Å²) in [6.45, 7) is 2.86. The fraction of sp³-hybridized carbons (Fsp3) is 0.625. The van der Waals surface area contributed by atoms with Gasteiger partial charge >= 0.3 is 0 Å². The van der Waals surface area contributed by atoms with E-state index in [2.05, 4.69) is 24.4 Å². The van der Waals surface area contributed by atoms with Crippen molar-refractivity contribution in [1.29, 1.82) is 0 Å². The van der Waals surface area contributed by atoms with Crippen molar-refractivity contribution in [2.24, 2.45) is 0 Å². The summed E-state index contributed by atoms with van der Waals surface area (Å²) in [5, 5.41) is 13.9. The normalized spacial score (nSPS) is 19.3. The molecule has 1 atom stereocenters. The third-order valence-corrected chi connectivity index (χ3v) is 4.14. The number of hydrogen-bond acceptors (Lipinski definition) is 3. The van der Waals surface area contributed by atoms with Crippen molar-refractivity contribution in [3.05, 3.63) is 29.8 Å². The molecule has 0 radical (unpaired) electrons. The molecule has 0 bridgehead atoms. The minimum atomic E-state index is -0.486. The van der Waals surface area contributed by atoms with Gasteiger partial charge in [-0.1, -0.05) is 31.9 Å². The number of methoxy groups -OCH3 is 1. The highest BCUT2D eigenvalue weighted by Crippen LogP contribution is 2.30. The Morgan fingerprint density at radius 1 is 1.26 bits per heavy atom. The lowest BCUT2D eigenvalue weighted by Crippen LogP contribution is -2.39. The maximum Gasteiger partial charge on any atom is 0.118 e. The zero-order chi connectivity index (χ0) is 13.7. The van der Waals surface area contributed by atoms with Gasteiger partial charge in [0.2, 0.25) is 0 Å². The van der Waals surface area contributed by atoms with E-state index in [0.29, 0.717) is 12.6 Å². The van der Waals surface area contributed by atoms with E-state index < -0.39 is 5.60 Å². The van der Waals surface area contributed by atoms with E-state index in [-0.39, 0.29) is 0 Å². The highest BCUT2D eigenvalue weighted by molar-refractivity contribution is 5.29. The summed E-state index contributed by atoms with van der Waals surface area (Å²) in [5.74, 6) is 0.882. The summed E-state index contributed by atoms with van der Waals surface area (Å²) in [6, 6.07) is 8.47. The average Bonchev–Trinajstić information content (AvgIpc) is 2.87. The van der Waals surface area contributed by atoms with Crippen LogP contribution in [0.15, 0.2) is 24.3 Å². The SMILES string of the molecule is CCC(NCC1(O)CCCC1)c1ccc(OC)cc1. The molecular formula is C16H25NO2. The van der Waals surface area contributed by atoms with E-state index in [4.69, 9.17) is 4.74 Å². The van der Waals surface area contributed by atoms with Crippen LogP contribution in [0.4, 0.5) is 0 Å². The highest BCUT2D eigenvalue weighted by Gasteiger charge is 2.31. The van der Waals surface area contributed by atoms with Crippen LogP contribution in [0.2, 0.25) is 0 Å². The highest BCUT2D eigenvalue weighted by atomic mass is 16.5. The zero-order valence-corrected chi connectivity index (χ0v) is 12.0. The second kappa shape index (κ2) is 6.40. The second-order valence-corrected chi connectivity index (χ2v) is 5.55. The molecule has 0 amide bonds. The second-order valence-electron chi connectivity index (χ2n) is 5.55. The molecular weight excluding hydrogens is 238 g/mol. The van der Waals surface area contributed by atoms with E-state index in [1.807, 2.05) is 12.1 Å². The first kappa shape index (κ1) is 14.4. The number of nitrogens with one attached hydrogen (secondary N) is 1. The van der Waals surface area contributed by atoms with Gasteiger partial charge in [0.1, 0.15) is 5.75 Å². The zero-order valence-electron chi connectivity index (χ0n) is 12.0. The van der Waals surface area contributed by atoms with Crippen molar-refractivity contribution in [2.45, 2.75) is 50.7 Å². The molecule has 2 N–H and O–H groups in total. The van der Waals surface area contributed by atoms with E-state index in [1.165, 1.54) is 5.56 Å². The Morgan fingerprint density at radius 2 is 1.89 bits per heavy atom. The number of rotatable bonds is 6. The number of hydrogen-bond donors (Lipinski definition) is 2. The number of ether oxygens (including phenoxy) is 1. The van der Waals surface area contributed by atoms with Gasteiger partial charge in [-0.25, -0.2) is 0 Å². The molecule has 0 aromatic heterocycles. The molecule has 3 heteroatoms. The fourth-order valence-corrected chi connectivity index (χ4v) is 2.86. The van der Waals surface area contributed by atoms with Crippen molar-refractivity contribution in [1.82, 2.24) is 5.32 Å². The topological polar surface area (TPSA) is 41.5 Å². The van der Waals surface area contributed by atoms with Crippen LogP contribution in [-0.2, 0) is 0 Å². The summed E-state index contributed by atoms with van der Waals surface area (Å²) in [4.78, 5) is 0. The van der Waals surface area contributed by atoms with Crippen LogP contribution >= 0.6 is 0 Å². The van der Waals surface area contributed by atoms with Crippen LogP contribution in [0, 0.1) is 0 Å². The fourth-order valence-electron chi connectivity index (χ4n) is 2.86. The van der Waals surface area contributed by atoms with Gasteiger partial charge in [0.25, 0.3) is 0 Å². The molecule has 0 spiro atoms. The Balaban J connectivity index is 1.95. The molecule has 1 fully saturated rings. The van der Waals surface area contributed by atoms with Crippen molar-refractivity contribution in [3.8, 4) is 5.75 Å². The molecule has 19 heavy (non-hydrogen) atoms.